The molecule has 0 radical (unpaired) electrons. The molecule has 8 nitrogen and oxygen atoms in total. The van der Waals surface area contributed by atoms with E-state index in [1.165, 1.54) is 0 Å². The Morgan fingerprint density at radius 1 is 1.17 bits per heavy atom. The van der Waals surface area contributed by atoms with E-state index in [-0.39, 0.29) is 0 Å². The average molecular weight is 317 g/mol. The molecule has 0 aliphatic rings. The van der Waals surface area contributed by atoms with Crippen LogP contribution >= 0.6 is 0 Å². The van der Waals surface area contributed by atoms with E-state index in [1.54, 1.807) is 25.6 Å². The highest BCUT2D eigenvalue weighted by Gasteiger charge is 2.07. The smallest absolute Gasteiger partial charge is 0.229 e. The lowest BCUT2D eigenvalue weighted by molar-refractivity contribution is 0.390. The minimum absolute atomic E-state index is 0.512. The van der Waals surface area contributed by atoms with Gasteiger partial charge in [0, 0.05) is 38.4 Å². The summed E-state index contributed by atoms with van der Waals surface area (Å²) in [4.78, 5) is 12.8. The largest absolute Gasteiger partial charge is 0.481 e. The number of hydrogen-bond donors (Lipinski definition) is 4. The molecule has 124 valence electrons. The van der Waals surface area contributed by atoms with Gasteiger partial charge in [0.1, 0.15) is 5.82 Å². The van der Waals surface area contributed by atoms with Gasteiger partial charge in [0.25, 0.3) is 0 Å². The van der Waals surface area contributed by atoms with Crippen molar-refractivity contribution < 1.29 is 4.74 Å². The maximum atomic E-state index is 5.31. The van der Waals surface area contributed by atoms with Gasteiger partial charge in [-0.3, -0.25) is 0 Å². The second kappa shape index (κ2) is 8.86. The first-order chi connectivity index (χ1) is 11.3. The van der Waals surface area contributed by atoms with E-state index in [0.717, 1.165) is 30.2 Å². The zero-order chi connectivity index (χ0) is 16.5. The summed E-state index contributed by atoms with van der Waals surface area (Å²) in [7, 11) is 5.36. The fraction of sp³-hybridized carbons (Fsp3) is 0.400. The summed E-state index contributed by atoms with van der Waals surface area (Å²) in [6.07, 6.45) is 3.39. The van der Waals surface area contributed by atoms with Gasteiger partial charge in [-0.25, -0.2) is 9.97 Å². The minimum atomic E-state index is 0.512. The van der Waals surface area contributed by atoms with E-state index in [0.29, 0.717) is 18.4 Å². The van der Waals surface area contributed by atoms with Gasteiger partial charge in [-0.1, -0.05) is 0 Å². The monoisotopic (exact) mass is 317 g/mol. The lowest BCUT2D eigenvalue weighted by Crippen LogP contribution is -2.24. The molecule has 0 fully saturated rings. The van der Waals surface area contributed by atoms with Crippen LogP contribution in [0.5, 0.6) is 5.88 Å². The molecule has 0 aliphatic carbocycles. The summed E-state index contributed by atoms with van der Waals surface area (Å²) in [5.41, 5.74) is 1.78. The lowest BCUT2D eigenvalue weighted by Gasteiger charge is -2.12. The molecule has 0 aromatic carbocycles. The molecule has 2 aromatic heterocycles. The second-order valence-electron chi connectivity index (χ2n) is 4.81. The quantitative estimate of drug-likeness (QED) is 0.508. The molecule has 0 saturated heterocycles. The highest BCUT2D eigenvalue weighted by atomic mass is 16.5. The molecular weight excluding hydrogens is 294 g/mol. The average Bonchev–Trinajstić information content (AvgIpc) is 2.59. The van der Waals surface area contributed by atoms with Crippen LogP contribution in [0, 0.1) is 0 Å². The summed E-state index contributed by atoms with van der Waals surface area (Å²) in [6.45, 7) is 2.44. The SMILES string of the molecule is CNCCNCc1cc(Nc2nccc(NC)n2)cnc1OC. The van der Waals surface area contributed by atoms with Crippen LogP contribution in [0.3, 0.4) is 0 Å². The number of nitrogens with one attached hydrogen (secondary N) is 4. The molecule has 0 spiro atoms. The van der Waals surface area contributed by atoms with Gasteiger partial charge in [-0.15, -0.1) is 0 Å². The standard InChI is InChI=1S/C15H23N7O/c1-16-6-7-18-9-11-8-12(10-20-14(11)23-3)21-15-19-5-4-13(17-2)22-15/h4-5,8,10,16,18H,6-7,9H2,1-3H3,(H2,17,19,21,22). The van der Waals surface area contributed by atoms with Crippen LogP contribution in [0.25, 0.3) is 0 Å². The van der Waals surface area contributed by atoms with Gasteiger partial charge in [0.05, 0.1) is 19.0 Å². The van der Waals surface area contributed by atoms with Gasteiger partial charge < -0.3 is 26.0 Å². The van der Waals surface area contributed by atoms with E-state index in [4.69, 9.17) is 4.74 Å². The fourth-order valence-electron chi connectivity index (χ4n) is 2.00. The van der Waals surface area contributed by atoms with Crippen LogP contribution in [0.15, 0.2) is 24.5 Å². The predicted octanol–water partition coefficient (Wildman–Crippen LogP) is 0.974. The molecule has 2 aromatic rings. The summed E-state index contributed by atoms with van der Waals surface area (Å²) in [5, 5.41) is 12.6. The van der Waals surface area contributed by atoms with Crippen molar-refractivity contribution in [3.05, 3.63) is 30.1 Å². The van der Waals surface area contributed by atoms with Crippen molar-refractivity contribution in [1.29, 1.82) is 0 Å². The maximum absolute atomic E-state index is 5.31. The summed E-state index contributed by atoms with van der Waals surface area (Å²) >= 11 is 0. The third kappa shape index (κ3) is 5.04. The van der Waals surface area contributed by atoms with Gasteiger partial charge >= 0.3 is 0 Å². The van der Waals surface area contributed by atoms with E-state index in [9.17, 15) is 0 Å². The Morgan fingerprint density at radius 2 is 2.04 bits per heavy atom. The van der Waals surface area contributed by atoms with Crippen LogP contribution in [-0.2, 0) is 6.54 Å². The Hall–Kier alpha value is -2.45. The lowest BCUT2D eigenvalue weighted by atomic mass is 10.2. The summed E-state index contributed by atoms with van der Waals surface area (Å²) in [5.74, 6) is 1.87. The van der Waals surface area contributed by atoms with E-state index in [2.05, 4.69) is 36.2 Å². The van der Waals surface area contributed by atoms with Gasteiger partial charge in [-0.2, -0.15) is 4.98 Å². The Balaban J connectivity index is 2.09. The first kappa shape index (κ1) is 16.9. The molecule has 0 amide bonds. The van der Waals surface area contributed by atoms with Crippen molar-refractivity contribution in [2.75, 3.05) is 44.9 Å². The molecule has 8 heteroatoms. The molecule has 0 aliphatic heterocycles. The minimum Gasteiger partial charge on any atom is -0.481 e. The molecular formula is C15H23N7O. The van der Waals surface area contributed by atoms with E-state index in [1.807, 2.05) is 20.2 Å². The Labute approximate surface area is 136 Å². The maximum Gasteiger partial charge on any atom is 0.229 e. The van der Waals surface area contributed by atoms with E-state index < -0.39 is 0 Å². The highest BCUT2D eigenvalue weighted by molar-refractivity contribution is 5.55. The number of ether oxygens (including phenoxy) is 1. The van der Waals surface area contributed by atoms with Crippen LogP contribution in [-0.4, -0.2) is 49.2 Å². The Bertz CT molecular complexity index is 621. The number of pyridine rings is 1. The van der Waals surface area contributed by atoms with Crippen molar-refractivity contribution in [3.63, 3.8) is 0 Å². The predicted molar refractivity (Wildman–Crippen MR) is 91.3 cm³/mol. The topological polar surface area (TPSA) is 96.0 Å². The number of rotatable bonds is 9. The number of nitrogens with zero attached hydrogens (tertiary/aromatic N) is 3. The van der Waals surface area contributed by atoms with Crippen molar-refractivity contribution >= 4 is 17.5 Å². The summed E-state index contributed by atoms with van der Waals surface area (Å²) in [6, 6.07) is 3.78. The highest BCUT2D eigenvalue weighted by Crippen LogP contribution is 2.21. The molecule has 0 bridgehead atoms. The first-order valence-electron chi connectivity index (χ1n) is 7.43. The molecule has 4 N–H and O–H groups in total. The van der Waals surface area contributed by atoms with Crippen LogP contribution in [0.2, 0.25) is 0 Å². The third-order valence-corrected chi connectivity index (χ3v) is 3.15. The Morgan fingerprint density at radius 3 is 2.78 bits per heavy atom. The van der Waals surface area contributed by atoms with Crippen LogP contribution in [0.4, 0.5) is 17.5 Å². The number of anilines is 3. The number of likely N-dealkylation sites (N-methyl/N-ethyl adjacent to an activating group) is 1. The van der Waals surface area contributed by atoms with Crippen molar-refractivity contribution in [3.8, 4) is 5.88 Å². The molecule has 2 heterocycles. The number of methoxy groups -OCH3 is 1. The molecule has 0 atom stereocenters. The Kier molecular flexibility index (Phi) is 6.52. The van der Waals surface area contributed by atoms with Crippen molar-refractivity contribution in [2.45, 2.75) is 6.54 Å². The third-order valence-electron chi connectivity index (χ3n) is 3.15. The van der Waals surface area contributed by atoms with E-state index >= 15 is 0 Å². The number of hydrogen-bond acceptors (Lipinski definition) is 8. The van der Waals surface area contributed by atoms with Crippen LogP contribution < -0.4 is 26.0 Å². The van der Waals surface area contributed by atoms with Gasteiger partial charge in [0.2, 0.25) is 11.8 Å². The van der Waals surface area contributed by atoms with Crippen molar-refractivity contribution in [2.24, 2.45) is 0 Å². The summed E-state index contributed by atoms with van der Waals surface area (Å²) < 4.78 is 5.31. The molecule has 0 unspecified atom stereocenters. The van der Waals surface area contributed by atoms with Gasteiger partial charge in [0.15, 0.2) is 0 Å². The van der Waals surface area contributed by atoms with Gasteiger partial charge in [-0.05, 0) is 19.2 Å². The van der Waals surface area contributed by atoms with Crippen molar-refractivity contribution in [1.82, 2.24) is 25.6 Å². The molecule has 2 rings (SSSR count). The first-order valence-corrected chi connectivity index (χ1v) is 7.43. The zero-order valence-corrected chi connectivity index (χ0v) is 13.7. The zero-order valence-electron chi connectivity index (χ0n) is 13.7. The number of aromatic nitrogens is 3. The molecule has 0 saturated carbocycles. The normalized spacial score (nSPS) is 10.4. The second-order valence-corrected chi connectivity index (χ2v) is 4.81. The molecule has 23 heavy (non-hydrogen) atoms. The van der Waals surface area contributed by atoms with Crippen LogP contribution in [0.1, 0.15) is 5.56 Å². The fourth-order valence-corrected chi connectivity index (χ4v) is 2.00.